The molecular formula is C21H24N2O4. The van der Waals surface area contributed by atoms with Crippen molar-refractivity contribution in [2.75, 3.05) is 26.3 Å². The monoisotopic (exact) mass is 368 g/mol. The summed E-state index contributed by atoms with van der Waals surface area (Å²) in [6.07, 6.45) is 3.25. The van der Waals surface area contributed by atoms with Crippen LogP contribution in [0.5, 0.6) is 5.75 Å². The van der Waals surface area contributed by atoms with E-state index in [9.17, 15) is 14.7 Å². The number of Topliss-reactive ketones (excluding diaryl/α,β-unsaturated/α-hetero) is 1. The zero-order valence-corrected chi connectivity index (χ0v) is 15.4. The molecule has 2 aliphatic heterocycles. The molecule has 1 aromatic rings. The minimum Gasteiger partial charge on any atom is -0.508 e. The summed E-state index contributed by atoms with van der Waals surface area (Å²) in [5.74, 6) is -0.602. The van der Waals surface area contributed by atoms with E-state index in [1.807, 2.05) is 13.0 Å². The van der Waals surface area contributed by atoms with E-state index in [1.165, 1.54) is 0 Å². The molecule has 2 unspecified atom stereocenters. The number of hydrogen-bond donors (Lipinski definition) is 2. The molecule has 4 rings (SSSR count). The van der Waals surface area contributed by atoms with Gasteiger partial charge >= 0.3 is 0 Å². The van der Waals surface area contributed by atoms with Gasteiger partial charge in [0.2, 0.25) is 0 Å². The zero-order valence-electron chi connectivity index (χ0n) is 15.4. The molecule has 0 aromatic heterocycles. The van der Waals surface area contributed by atoms with Crippen LogP contribution in [0.15, 0.2) is 47.3 Å². The topological polar surface area (TPSA) is 78.9 Å². The average Bonchev–Trinajstić information content (AvgIpc) is 2.67. The van der Waals surface area contributed by atoms with Gasteiger partial charge in [-0.05, 0) is 31.0 Å². The van der Waals surface area contributed by atoms with E-state index in [-0.39, 0.29) is 17.4 Å². The number of carbonyl (C=O) groups excluding carboxylic acids is 2. The van der Waals surface area contributed by atoms with Crippen LogP contribution in [-0.2, 0) is 14.3 Å². The SMILES string of the molecule is CC1=C(C(=O)N2CCOCC2)C(c2cccc(O)c2)C2C(=O)CCC=C2N1. The minimum atomic E-state index is -0.413. The second-order valence-electron chi connectivity index (χ2n) is 7.28. The normalized spacial score (nSPS) is 25.6. The molecule has 1 aliphatic carbocycles. The molecule has 2 heterocycles. The number of nitrogens with one attached hydrogen (secondary N) is 1. The molecule has 3 aliphatic rings. The Balaban J connectivity index is 1.82. The number of allylic oxidation sites excluding steroid dienone is 3. The van der Waals surface area contributed by atoms with Crippen LogP contribution in [0.3, 0.4) is 0 Å². The number of hydrogen-bond acceptors (Lipinski definition) is 5. The summed E-state index contributed by atoms with van der Waals surface area (Å²) in [6.45, 7) is 4.03. The van der Waals surface area contributed by atoms with E-state index < -0.39 is 11.8 Å². The van der Waals surface area contributed by atoms with Crippen molar-refractivity contribution in [3.63, 3.8) is 0 Å². The number of ketones is 1. The van der Waals surface area contributed by atoms with Crippen molar-refractivity contribution >= 4 is 11.7 Å². The van der Waals surface area contributed by atoms with Crippen molar-refractivity contribution in [1.82, 2.24) is 10.2 Å². The van der Waals surface area contributed by atoms with Gasteiger partial charge in [-0.25, -0.2) is 0 Å². The Labute approximate surface area is 158 Å². The molecule has 2 N–H and O–H groups in total. The van der Waals surface area contributed by atoms with E-state index in [0.29, 0.717) is 44.7 Å². The lowest BCUT2D eigenvalue weighted by Gasteiger charge is -2.40. The van der Waals surface area contributed by atoms with Crippen molar-refractivity contribution in [1.29, 1.82) is 0 Å². The molecule has 6 heteroatoms. The fourth-order valence-corrected chi connectivity index (χ4v) is 4.31. The van der Waals surface area contributed by atoms with Gasteiger partial charge < -0.3 is 20.1 Å². The molecule has 1 amide bonds. The van der Waals surface area contributed by atoms with Crippen molar-refractivity contribution in [2.45, 2.75) is 25.7 Å². The van der Waals surface area contributed by atoms with Gasteiger partial charge in [-0.2, -0.15) is 0 Å². The van der Waals surface area contributed by atoms with Gasteiger partial charge in [-0.15, -0.1) is 0 Å². The third kappa shape index (κ3) is 3.25. The van der Waals surface area contributed by atoms with Crippen LogP contribution in [-0.4, -0.2) is 48.0 Å². The highest BCUT2D eigenvalue weighted by atomic mass is 16.5. The second kappa shape index (κ2) is 7.19. The number of rotatable bonds is 2. The lowest BCUT2D eigenvalue weighted by atomic mass is 9.70. The summed E-state index contributed by atoms with van der Waals surface area (Å²) in [5, 5.41) is 13.3. The van der Waals surface area contributed by atoms with Crippen molar-refractivity contribution in [3.8, 4) is 5.75 Å². The third-order valence-corrected chi connectivity index (χ3v) is 5.58. The number of carbonyl (C=O) groups is 2. The van der Waals surface area contributed by atoms with E-state index in [4.69, 9.17) is 4.74 Å². The zero-order chi connectivity index (χ0) is 19.0. The summed E-state index contributed by atoms with van der Waals surface area (Å²) in [5.41, 5.74) is 3.05. The smallest absolute Gasteiger partial charge is 0.252 e. The lowest BCUT2D eigenvalue weighted by molar-refractivity contribution is -0.132. The highest BCUT2D eigenvalue weighted by Gasteiger charge is 2.43. The minimum absolute atomic E-state index is 0.0610. The number of aromatic hydroxyl groups is 1. The second-order valence-corrected chi connectivity index (χ2v) is 7.28. The highest BCUT2D eigenvalue weighted by Crippen LogP contribution is 2.44. The fraction of sp³-hybridized carbons (Fsp3) is 0.429. The van der Waals surface area contributed by atoms with E-state index in [1.54, 1.807) is 23.1 Å². The Morgan fingerprint density at radius 3 is 2.78 bits per heavy atom. The summed E-state index contributed by atoms with van der Waals surface area (Å²) < 4.78 is 5.37. The Hall–Kier alpha value is -2.60. The Morgan fingerprint density at radius 1 is 1.26 bits per heavy atom. The number of nitrogens with zero attached hydrogens (tertiary/aromatic N) is 1. The van der Waals surface area contributed by atoms with Crippen LogP contribution in [0.1, 0.15) is 31.2 Å². The Bertz CT molecular complexity index is 836. The molecule has 0 bridgehead atoms. The molecule has 1 aromatic carbocycles. The summed E-state index contributed by atoms with van der Waals surface area (Å²) in [6, 6.07) is 6.91. The van der Waals surface area contributed by atoms with Gasteiger partial charge in [0.25, 0.3) is 5.91 Å². The van der Waals surface area contributed by atoms with Gasteiger partial charge in [0.05, 0.1) is 19.1 Å². The van der Waals surface area contributed by atoms with E-state index >= 15 is 0 Å². The van der Waals surface area contributed by atoms with Crippen molar-refractivity contribution in [2.24, 2.45) is 5.92 Å². The summed E-state index contributed by atoms with van der Waals surface area (Å²) in [7, 11) is 0. The van der Waals surface area contributed by atoms with E-state index in [2.05, 4.69) is 11.4 Å². The number of amides is 1. The van der Waals surface area contributed by atoms with E-state index in [0.717, 1.165) is 17.0 Å². The first-order chi connectivity index (χ1) is 13.1. The van der Waals surface area contributed by atoms with Crippen LogP contribution < -0.4 is 5.32 Å². The lowest BCUT2D eigenvalue weighted by Crippen LogP contribution is -2.47. The Kier molecular flexibility index (Phi) is 4.74. The van der Waals surface area contributed by atoms with Crippen molar-refractivity contribution < 1.29 is 19.4 Å². The number of morpholine rings is 1. The van der Waals surface area contributed by atoms with Crippen LogP contribution in [0.25, 0.3) is 0 Å². The maximum absolute atomic E-state index is 13.4. The predicted molar refractivity (Wildman–Crippen MR) is 99.9 cm³/mol. The maximum atomic E-state index is 13.4. The van der Waals surface area contributed by atoms with Gasteiger partial charge in [0.15, 0.2) is 0 Å². The average molecular weight is 368 g/mol. The molecular weight excluding hydrogens is 344 g/mol. The first-order valence-electron chi connectivity index (χ1n) is 9.43. The predicted octanol–water partition coefficient (Wildman–Crippen LogP) is 2.07. The van der Waals surface area contributed by atoms with Gasteiger partial charge in [-0.3, -0.25) is 9.59 Å². The summed E-state index contributed by atoms with van der Waals surface area (Å²) in [4.78, 5) is 28.0. The number of phenols is 1. The van der Waals surface area contributed by atoms with Crippen LogP contribution in [0.2, 0.25) is 0 Å². The molecule has 0 spiro atoms. The molecule has 0 saturated carbocycles. The van der Waals surface area contributed by atoms with Crippen LogP contribution >= 0.6 is 0 Å². The molecule has 142 valence electrons. The third-order valence-electron chi connectivity index (χ3n) is 5.58. The first kappa shape index (κ1) is 17.8. The number of fused-ring (bicyclic) bond motifs is 1. The van der Waals surface area contributed by atoms with Gasteiger partial charge in [0, 0.05) is 42.4 Å². The van der Waals surface area contributed by atoms with Crippen molar-refractivity contribution in [3.05, 3.63) is 52.9 Å². The number of ether oxygens (including phenoxy) is 1. The Morgan fingerprint density at radius 2 is 2.04 bits per heavy atom. The molecule has 27 heavy (non-hydrogen) atoms. The molecule has 1 fully saturated rings. The number of phenolic OH excluding ortho intramolecular Hbond substituents is 1. The quantitative estimate of drug-likeness (QED) is 0.836. The maximum Gasteiger partial charge on any atom is 0.252 e. The van der Waals surface area contributed by atoms with Crippen LogP contribution in [0.4, 0.5) is 0 Å². The standard InChI is InChI=1S/C21H24N2O4/c1-13-18(21(26)23-8-10-27-11-9-23)19(14-4-2-5-15(24)12-14)20-16(22-13)6-3-7-17(20)25/h2,4-6,12,19-20,22,24H,3,7-11H2,1H3. The largest absolute Gasteiger partial charge is 0.508 e. The molecule has 6 nitrogen and oxygen atoms in total. The number of benzene rings is 1. The van der Waals surface area contributed by atoms with Gasteiger partial charge in [-0.1, -0.05) is 18.2 Å². The first-order valence-corrected chi connectivity index (χ1v) is 9.43. The summed E-state index contributed by atoms with van der Waals surface area (Å²) >= 11 is 0. The molecule has 2 atom stereocenters. The fourth-order valence-electron chi connectivity index (χ4n) is 4.31. The highest BCUT2D eigenvalue weighted by molar-refractivity contribution is 5.99. The van der Waals surface area contributed by atoms with Crippen LogP contribution in [0, 0.1) is 5.92 Å². The molecule has 1 saturated heterocycles. The van der Waals surface area contributed by atoms with Gasteiger partial charge in [0.1, 0.15) is 11.5 Å². The molecule has 0 radical (unpaired) electrons.